The van der Waals surface area contributed by atoms with Gasteiger partial charge in [0.15, 0.2) is 11.8 Å². The molecule has 0 aliphatic carbocycles. The van der Waals surface area contributed by atoms with Crippen molar-refractivity contribution in [3.05, 3.63) is 30.4 Å². The third-order valence-electron chi connectivity index (χ3n) is 4.39. The molecule has 2 atom stereocenters. The number of piperidine rings is 1. The number of aliphatic imine (C=N–C) groups is 1. The van der Waals surface area contributed by atoms with E-state index in [1.54, 1.807) is 0 Å². The summed E-state index contributed by atoms with van der Waals surface area (Å²) in [5, 5.41) is 7.18. The lowest BCUT2D eigenvalue weighted by Gasteiger charge is -2.39. The van der Waals surface area contributed by atoms with E-state index in [9.17, 15) is 0 Å². The van der Waals surface area contributed by atoms with E-state index >= 15 is 0 Å². The summed E-state index contributed by atoms with van der Waals surface area (Å²) >= 11 is 0. The van der Waals surface area contributed by atoms with E-state index < -0.39 is 0 Å². The highest BCUT2D eigenvalue weighted by molar-refractivity contribution is 5.80. The Balaban J connectivity index is 1.72. The lowest BCUT2D eigenvalue weighted by atomic mass is 9.93. The van der Waals surface area contributed by atoms with E-state index in [4.69, 9.17) is 4.52 Å². The van der Waals surface area contributed by atoms with Crippen molar-refractivity contribution in [1.82, 2.24) is 29.9 Å². The topological polar surface area (TPSA) is 84.4 Å². The fourth-order valence-electron chi connectivity index (χ4n) is 3.07. The molecule has 2 aromatic heterocycles. The molecule has 3 heterocycles. The third-order valence-corrected chi connectivity index (χ3v) is 4.39. The SMILES string of the molecule is CCNC(=NCc1nc(C)no1)N1CCC(C)C(n2ccnc2)C1. The van der Waals surface area contributed by atoms with Crippen molar-refractivity contribution in [2.75, 3.05) is 19.6 Å². The van der Waals surface area contributed by atoms with Gasteiger partial charge in [-0.15, -0.1) is 0 Å². The van der Waals surface area contributed by atoms with Gasteiger partial charge in [0.2, 0.25) is 5.89 Å². The van der Waals surface area contributed by atoms with Gasteiger partial charge in [-0.05, 0) is 26.2 Å². The molecular weight excluding hydrogens is 306 g/mol. The van der Waals surface area contributed by atoms with Gasteiger partial charge in [0.05, 0.1) is 12.4 Å². The van der Waals surface area contributed by atoms with Crippen LogP contribution in [0.2, 0.25) is 0 Å². The molecule has 1 aliphatic rings. The molecule has 0 radical (unpaired) electrons. The summed E-state index contributed by atoms with van der Waals surface area (Å²) in [5.41, 5.74) is 0. The van der Waals surface area contributed by atoms with Crippen LogP contribution in [-0.2, 0) is 6.54 Å². The van der Waals surface area contributed by atoms with Gasteiger partial charge in [-0.25, -0.2) is 9.98 Å². The van der Waals surface area contributed by atoms with Crippen molar-refractivity contribution < 1.29 is 4.52 Å². The molecular formula is C16H25N7O. The van der Waals surface area contributed by atoms with Crippen molar-refractivity contribution in [1.29, 1.82) is 0 Å². The number of aryl methyl sites for hydroxylation is 1. The molecule has 0 spiro atoms. The van der Waals surface area contributed by atoms with Crippen molar-refractivity contribution in [2.24, 2.45) is 10.9 Å². The normalized spacial score (nSPS) is 22.0. The first-order valence-electron chi connectivity index (χ1n) is 8.47. The maximum atomic E-state index is 5.15. The van der Waals surface area contributed by atoms with Crippen LogP contribution in [0.5, 0.6) is 0 Å². The molecule has 2 unspecified atom stereocenters. The van der Waals surface area contributed by atoms with Crippen LogP contribution in [0.3, 0.4) is 0 Å². The van der Waals surface area contributed by atoms with Gasteiger partial charge < -0.3 is 19.3 Å². The molecule has 130 valence electrons. The predicted molar refractivity (Wildman–Crippen MR) is 90.5 cm³/mol. The number of aromatic nitrogens is 4. The highest BCUT2D eigenvalue weighted by Gasteiger charge is 2.28. The molecule has 8 heteroatoms. The van der Waals surface area contributed by atoms with Crippen LogP contribution in [0, 0.1) is 12.8 Å². The van der Waals surface area contributed by atoms with Crippen LogP contribution in [-0.4, -0.2) is 50.2 Å². The average Bonchev–Trinajstić information content (AvgIpc) is 3.24. The van der Waals surface area contributed by atoms with Gasteiger partial charge in [-0.1, -0.05) is 12.1 Å². The van der Waals surface area contributed by atoms with Crippen LogP contribution >= 0.6 is 0 Å². The molecule has 1 saturated heterocycles. The number of hydrogen-bond donors (Lipinski definition) is 1. The lowest BCUT2D eigenvalue weighted by Crippen LogP contribution is -2.49. The lowest BCUT2D eigenvalue weighted by molar-refractivity contribution is 0.189. The molecule has 24 heavy (non-hydrogen) atoms. The van der Waals surface area contributed by atoms with E-state index in [2.05, 4.69) is 48.7 Å². The number of guanidine groups is 1. The molecule has 8 nitrogen and oxygen atoms in total. The van der Waals surface area contributed by atoms with Crippen molar-refractivity contribution in [3.63, 3.8) is 0 Å². The molecule has 0 bridgehead atoms. The first kappa shape index (κ1) is 16.5. The Morgan fingerprint density at radius 3 is 3.04 bits per heavy atom. The minimum absolute atomic E-state index is 0.394. The van der Waals surface area contributed by atoms with Gasteiger partial charge in [0, 0.05) is 32.0 Å². The Kier molecular flexibility index (Phi) is 5.12. The Labute approximate surface area is 142 Å². The van der Waals surface area contributed by atoms with Crippen molar-refractivity contribution in [2.45, 2.75) is 39.8 Å². The van der Waals surface area contributed by atoms with E-state index in [-0.39, 0.29) is 0 Å². The minimum atomic E-state index is 0.394. The average molecular weight is 331 g/mol. The molecule has 2 aromatic rings. The number of nitrogens with zero attached hydrogens (tertiary/aromatic N) is 6. The smallest absolute Gasteiger partial charge is 0.248 e. The molecule has 1 fully saturated rings. The zero-order valence-electron chi connectivity index (χ0n) is 14.5. The minimum Gasteiger partial charge on any atom is -0.357 e. The van der Waals surface area contributed by atoms with Gasteiger partial charge in [-0.2, -0.15) is 4.98 Å². The molecule has 1 aliphatic heterocycles. The molecule has 0 saturated carbocycles. The molecule has 1 N–H and O–H groups in total. The summed E-state index contributed by atoms with van der Waals surface area (Å²) in [7, 11) is 0. The summed E-state index contributed by atoms with van der Waals surface area (Å²) < 4.78 is 7.35. The van der Waals surface area contributed by atoms with Gasteiger partial charge in [0.1, 0.15) is 6.54 Å². The number of rotatable bonds is 4. The Morgan fingerprint density at radius 2 is 2.38 bits per heavy atom. The maximum Gasteiger partial charge on any atom is 0.248 e. The van der Waals surface area contributed by atoms with Crippen LogP contribution in [0.25, 0.3) is 0 Å². The predicted octanol–water partition coefficient (Wildman–Crippen LogP) is 1.62. The number of hydrogen-bond acceptors (Lipinski definition) is 5. The third kappa shape index (κ3) is 3.74. The number of nitrogens with one attached hydrogen (secondary N) is 1. The Hall–Kier alpha value is -2.38. The zero-order chi connectivity index (χ0) is 16.9. The van der Waals surface area contributed by atoms with E-state index in [0.717, 1.165) is 32.0 Å². The molecule has 0 amide bonds. The van der Waals surface area contributed by atoms with E-state index in [1.165, 1.54) is 0 Å². The van der Waals surface area contributed by atoms with Crippen molar-refractivity contribution >= 4 is 5.96 Å². The maximum absolute atomic E-state index is 5.15. The van der Waals surface area contributed by atoms with Crippen LogP contribution in [0.1, 0.15) is 38.0 Å². The van der Waals surface area contributed by atoms with Crippen molar-refractivity contribution in [3.8, 4) is 0 Å². The fourth-order valence-corrected chi connectivity index (χ4v) is 3.07. The van der Waals surface area contributed by atoms with Gasteiger partial charge in [-0.3, -0.25) is 0 Å². The summed E-state index contributed by atoms with van der Waals surface area (Å²) in [6.45, 7) is 9.30. The van der Waals surface area contributed by atoms with Crippen LogP contribution < -0.4 is 5.32 Å². The van der Waals surface area contributed by atoms with Gasteiger partial charge in [0.25, 0.3) is 0 Å². The second-order valence-corrected chi connectivity index (χ2v) is 6.19. The second-order valence-electron chi connectivity index (χ2n) is 6.19. The summed E-state index contributed by atoms with van der Waals surface area (Å²) in [4.78, 5) is 15.4. The van der Waals surface area contributed by atoms with Crippen LogP contribution in [0.4, 0.5) is 0 Å². The quantitative estimate of drug-likeness (QED) is 0.677. The first-order valence-corrected chi connectivity index (χ1v) is 8.47. The number of likely N-dealkylation sites (tertiary alicyclic amines) is 1. The molecule has 0 aromatic carbocycles. The van der Waals surface area contributed by atoms with Crippen LogP contribution in [0.15, 0.2) is 28.2 Å². The zero-order valence-corrected chi connectivity index (χ0v) is 14.5. The summed E-state index contributed by atoms with van der Waals surface area (Å²) in [6, 6.07) is 0.399. The standard InChI is InChI=1S/C16H25N7O/c1-4-18-16(19-9-15-20-13(3)21-24-15)22-7-5-12(2)14(10-22)23-8-6-17-11-23/h6,8,11-12,14H,4-5,7,9-10H2,1-3H3,(H,18,19). The van der Waals surface area contributed by atoms with E-state index in [1.807, 2.05) is 25.6 Å². The summed E-state index contributed by atoms with van der Waals surface area (Å²) in [5.74, 6) is 2.68. The highest BCUT2D eigenvalue weighted by atomic mass is 16.5. The Bertz CT molecular complexity index is 664. The highest BCUT2D eigenvalue weighted by Crippen LogP contribution is 2.27. The number of imidazole rings is 1. The Morgan fingerprint density at radius 1 is 1.50 bits per heavy atom. The van der Waals surface area contributed by atoms with E-state index in [0.29, 0.717) is 30.2 Å². The molecule has 3 rings (SSSR count). The van der Waals surface area contributed by atoms with Gasteiger partial charge >= 0.3 is 0 Å². The second kappa shape index (κ2) is 7.46. The largest absolute Gasteiger partial charge is 0.357 e. The summed E-state index contributed by atoms with van der Waals surface area (Å²) in [6.07, 6.45) is 6.89. The monoisotopic (exact) mass is 331 g/mol. The first-order chi connectivity index (χ1) is 11.7. The fraction of sp³-hybridized carbons (Fsp3) is 0.625.